The van der Waals surface area contributed by atoms with Crippen molar-refractivity contribution in [2.24, 2.45) is 0 Å². The van der Waals surface area contributed by atoms with E-state index in [1.54, 1.807) is 13.3 Å². The Labute approximate surface area is 85.9 Å². The molecule has 0 aliphatic carbocycles. The lowest BCUT2D eigenvalue weighted by Gasteiger charge is -1.99. The van der Waals surface area contributed by atoms with E-state index in [1.807, 2.05) is 22.6 Å². The van der Waals surface area contributed by atoms with Crippen molar-refractivity contribution in [3.05, 3.63) is 13.6 Å². The summed E-state index contributed by atoms with van der Waals surface area (Å²) >= 11 is 4.16. The molecule has 1 heterocycles. The van der Waals surface area contributed by atoms with Crippen LogP contribution >= 0.6 is 45.2 Å². The lowest BCUT2D eigenvalue weighted by molar-refractivity contribution is 0.392. The molecular weight excluding hydrogens is 358 g/mol. The molecule has 0 spiro atoms. The fraction of sp³-hybridized carbons (Fsp3) is 0.200. The van der Waals surface area contributed by atoms with Gasteiger partial charge < -0.3 is 4.74 Å². The van der Waals surface area contributed by atoms with E-state index in [9.17, 15) is 0 Å². The van der Waals surface area contributed by atoms with Crippen molar-refractivity contribution in [2.75, 3.05) is 7.11 Å². The Balaban J connectivity index is 3.09. The minimum Gasteiger partial charge on any atom is -0.480 e. The SMILES string of the molecule is COc1nc(I)ncc1I. The monoisotopic (exact) mass is 362 g/mol. The van der Waals surface area contributed by atoms with Crippen LogP contribution in [0.2, 0.25) is 0 Å². The van der Waals surface area contributed by atoms with Crippen LogP contribution in [0.15, 0.2) is 6.20 Å². The molecule has 0 bridgehead atoms. The third-order valence-electron chi connectivity index (χ3n) is 0.876. The second kappa shape index (κ2) is 3.65. The maximum absolute atomic E-state index is 4.96. The van der Waals surface area contributed by atoms with Gasteiger partial charge in [-0.15, -0.1) is 0 Å². The quantitative estimate of drug-likeness (QED) is 0.564. The molecule has 0 fully saturated rings. The van der Waals surface area contributed by atoms with E-state index in [4.69, 9.17) is 4.74 Å². The molecule has 54 valence electrons. The van der Waals surface area contributed by atoms with E-state index in [0.29, 0.717) is 9.71 Å². The van der Waals surface area contributed by atoms with Gasteiger partial charge in [0, 0.05) is 28.8 Å². The summed E-state index contributed by atoms with van der Waals surface area (Å²) in [5.74, 6) is 0.639. The molecule has 0 unspecified atom stereocenters. The lowest BCUT2D eigenvalue weighted by atomic mass is 10.6. The third kappa shape index (κ3) is 1.91. The van der Waals surface area contributed by atoms with E-state index in [-0.39, 0.29) is 0 Å². The molecule has 3 nitrogen and oxygen atoms in total. The standard InChI is InChI=1S/C5H4I2N2O/c1-10-4-3(6)2-8-5(7)9-4/h2H,1H3. The first-order valence-corrected chi connectivity index (χ1v) is 4.62. The number of nitrogens with zero attached hydrogens (tertiary/aromatic N) is 2. The number of hydrogen-bond donors (Lipinski definition) is 0. The Morgan fingerprint density at radius 1 is 1.50 bits per heavy atom. The van der Waals surface area contributed by atoms with Crippen molar-refractivity contribution in [3.8, 4) is 5.88 Å². The molecule has 5 heteroatoms. The van der Waals surface area contributed by atoms with Gasteiger partial charge in [-0.2, -0.15) is 4.98 Å². The number of methoxy groups -OCH3 is 1. The highest BCUT2D eigenvalue weighted by Gasteiger charge is 2.00. The molecule has 0 aliphatic rings. The molecule has 0 radical (unpaired) electrons. The lowest BCUT2D eigenvalue weighted by Crippen LogP contribution is -1.94. The van der Waals surface area contributed by atoms with Crippen molar-refractivity contribution in [1.29, 1.82) is 0 Å². The summed E-state index contributed by atoms with van der Waals surface area (Å²) in [6, 6.07) is 0. The first-order chi connectivity index (χ1) is 4.74. The van der Waals surface area contributed by atoms with E-state index in [0.717, 1.165) is 3.57 Å². The zero-order valence-electron chi connectivity index (χ0n) is 5.14. The molecule has 1 aromatic heterocycles. The predicted molar refractivity (Wildman–Crippen MR) is 54.0 cm³/mol. The van der Waals surface area contributed by atoms with E-state index < -0.39 is 0 Å². The van der Waals surface area contributed by atoms with Crippen molar-refractivity contribution in [1.82, 2.24) is 9.97 Å². The maximum Gasteiger partial charge on any atom is 0.230 e. The van der Waals surface area contributed by atoms with E-state index in [1.165, 1.54) is 0 Å². The average Bonchev–Trinajstić information content (AvgIpc) is 1.94. The van der Waals surface area contributed by atoms with Crippen LogP contribution in [0, 0.1) is 7.40 Å². The molecule has 0 N–H and O–H groups in total. The van der Waals surface area contributed by atoms with Gasteiger partial charge in [0.25, 0.3) is 0 Å². The summed E-state index contributed by atoms with van der Waals surface area (Å²) in [6.07, 6.45) is 1.73. The molecule has 0 atom stereocenters. The van der Waals surface area contributed by atoms with Crippen LogP contribution in [0.5, 0.6) is 5.88 Å². The molecule has 0 saturated carbocycles. The topological polar surface area (TPSA) is 35.0 Å². The highest BCUT2D eigenvalue weighted by molar-refractivity contribution is 14.1. The summed E-state index contributed by atoms with van der Waals surface area (Å²) < 4.78 is 6.60. The molecule has 0 aromatic carbocycles. The summed E-state index contributed by atoms with van der Waals surface area (Å²) in [4.78, 5) is 8.01. The number of halogens is 2. The van der Waals surface area contributed by atoms with Gasteiger partial charge in [0.1, 0.15) is 0 Å². The van der Waals surface area contributed by atoms with Gasteiger partial charge in [0.15, 0.2) is 3.83 Å². The Bertz CT molecular complexity index is 241. The number of ether oxygens (including phenoxy) is 1. The molecule has 10 heavy (non-hydrogen) atoms. The normalized spacial score (nSPS) is 9.50. The van der Waals surface area contributed by atoms with Crippen molar-refractivity contribution < 1.29 is 4.74 Å². The molecule has 0 amide bonds. The Kier molecular flexibility index (Phi) is 3.08. The van der Waals surface area contributed by atoms with Crippen LogP contribution in [0.25, 0.3) is 0 Å². The van der Waals surface area contributed by atoms with Crippen LogP contribution in [-0.4, -0.2) is 17.1 Å². The molecule has 0 aliphatic heterocycles. The fourth-order valence-electron chi connectivity index (χ4n) is 0.474. The zero-order chi connectivity index (χ0) is 7.56. The minimum atomic E-state index is 0.639. The van der Waals surface area contributed by atoms with E-state index >= 15 is 0 Å². The maximum atomic E-state index is 4.96. The summed E-state index contributed by atoms with van der Waals surface area (Å²) in [6.45, 7) is 0. The summed E-state index contributed by atoms with van der Waals surface area (Å²) in [5.41, 5.74) is 0. The zero-order valence-corrected chi connectivity index (χ0v) is 9.45. The highest BCUT2D eigenvalue weighted by atomic mass is 127. The van der Waals surface area contributed by atoms with Crippen molar-refractivity contribution in [3.63, 3.8) is 0 Å². The van der Waals surface area contributed by atoms with Gasteiger partial charge in [-0.25, -0.2) is 4.98 Å². The Hall–Kier alpha value is 0.340. The molecular formula is C5H4I2N2O. The van der Waals surface area contributed by atoms with Gasteiger partial charge in [-0.05, 0) is 22.6 Å². The molecule has 1 rings (SSSR count). The van der Waals surface area contributed by atoms with Crippen LogP contribution in [0.4, 0.5) is 0 Å². The molecule has 0 saturated heterocycles. The Morgan fingerprint density at radius 2 is 2.20 bits per heavy atom. The second-order valence-corrected chi connectivity index (χ2v) is 3.62. The van der Waals surface area contributed by atoms with Crippen LogP contribution in [-0.2, 0) is 0 Å². The summed E-state index contributed by atoms with van der Waals surface area (Å²) in [5, 5.41) is 0. The predicted octanol–water partition coefficient (Wildman–Crippen LogP) is 1.69. The number of aromatic nitrogens is 2. The number of rotatable bonds is 1. The fourth-order valence-corrected chi connectivity index (χ4v) is 1.31. The van der Waals surface area contributed by atoms with Gasteiger partial charge in [0.05, 0.1) is 10.7 Å². The van der Waals surface area contributed by atoms with E-state index in [2.05, 4.69) is 32.6 Å². The van der Waals surface area contributed by atoms with Crippen LogP contribution < -0.4 is 4.74 Å². The van der Waals surface area contributed by atoms with Gasteiger partial charge >= 0.3 is 0 Å². The third-order valence-corrected chi connectivity index (χ3v) is 2.14. The first-order valence-electron chi connectivity index (χ1n) is 2.46. The Morgan fingerprint density at radius 3 is 2.70 bits per heavy atom. The number of hydrogen-bond acceptors (Lipinski definition) is 3. The highest BCUT2D eigenvalue weighted by Crippen LogP contribution is 2.16. The largest absolute Gasteiger partial charge is 0.480 e. The minimum absolute atomic E-state index is 0.639. The van der Waals surface area contributed by atoms with Crippen LogP contribution in [0.1, 0.15) is 0 Å². The van der Waals surface area contributed by atoms with Gasteiger partial charge in [-0.1, -0.05) is 0 Å². The van der Waals surface area contributed by atoms with Crippen molar-refractivity contribution >= 4 is 45.2 Å². The second-order valence-electron chi connectivity index (χ2n) is 1.50. The average molecular weight is 362 g/mol. The summed E-state index contributed by atoms with van der Waals surface area (Å²) in [7, 11) is 1.60. The first kappa shape index (κ1) is 8.44. The van der Waals surface area contributed by atoms with Crippen LogP contribution in [0.3, 0.4) is 0 Å². The van der Waals surface area contributed by atoms with Crippen molar-refractivity contribution in [2.45, 2.75) is 0 Å². The smallest absolute Gasteiger partial charge is 0.230 e. The molecule has 1 aromatic rings. The van der Waals surface area contributed by atoms with Gasteiger partial charge in [0.2, 0.25) is 5.88 Å². The van der Waals surface area contributed by atoms with Gasteiger partial charge in [-0.3, -0.25) is 0 Å².